The second-order valence-corrected chi connectivity index (χ2v) is 7.48. The number of nitrogens with zero attached hydrogens (tertiary/aromatic N) is 1. The molecule has 0 aromatic rings. The molecule has 5 nitrogen and oxygen atoms in total. The van der Waals surface area contributed by atoms with Crippen LogP contribution in [0.3, 0.4) is 0 Å². The van der Waals surface area contributed by atoms with Gasteiger partial charge in [0.1, 0.15) is 0 Å². The zero-order valence-corrected chi connectivity index (χ0v) is 15.6. The highest BCUT2D eigenvalue weighted by molar-refractivity contribution is 5.79. The van der Waals surface area contributed by atoms with Crippen molar-refractivity contribution in [2.75, 3.05) is 46.1 Å². The van der Waals surface area contributed by atoms with E-state index in [-0.39, 0.29) is 0 Å². The maximum Gasteiger partial charge on any atom is 0.191 e. The summed E-state index contributed by atoms with van der Waals surface area (Å²) in [5.41, 5.74) is 0.350. The lowest BCUT2D eigenvalue weighted by Gasteiger charge is -2.21. The van der Waals surface area contributed by atoms with Gasteiger partial charge in [0.15, 0.2) is 5.96 Å². The van der Waals surface area contributed by atoms with Crippen molar-refractivity contribution < 1.29 is 9.47 Å². The van der Waals surface area contributed by atoms with Gasteiger partial charge in [-0.15, -0.1) is 0 Å². The number of hydrogen-bond donors (Lipinski definition) is 2. The number of guanidine groups is 1. The molecule has 0 bridgehead atoms. The second-order valence-electron chi connectivity index (χ2n) is 7.48. The summed E-state index contributed by atoms with van der Waals surface area (Å²) in [5, 5.41) is 6.70. The van der Waals surface area contributed by atoms with E-state index < -0.39 is 0 Å². The Hall–Kier alpha value is -0.810. The van der Waals surface area contributed by atoms with Crippen LogP contribution in [0.15, 0.2) is 4.99 Å². The Kier molecular flexibility index (Phi) is 10.3. The predicted molar refractivity (Wildman–Crippen MR) is 97.0 cm³/mol. The maximum atomic E-state index is 5.78. The molecular formula is C18H37N3O2. The summed E-state index contributed by atoms with van der Waals surface area (Å²) in [5.74, 6) is 1.60. The molecule has 0 amide bonds. The minimum Gasteiger partial charge on any atom is -0.381 e. The van der Waals surface area contributed by atoms with E-state index in [0.717, 1.165) is 77.7 Å². The molecule has 0 saturated carbocycles. The van der Waals surface area contributed by atoms with Gasteiger partial charge in [0.05, 0.1) is 0 Å². The first-order chi connectivity index (χ1) is 11.0. The molecule has 0 aromatic carbocycles. The molecule has 0 aliphatic carbocycles. The van der Waals surface area contributed by atoms with Crippen LogP contribution in [0.5, 0.6) is 0 Å². The van der Waals surface area contributed by atoms with Crippen molar-refractivity contribution in [2.45, 2.75) is 53.4 Å². The van der Waals surface area contributed by atoms with Crippen LogP contribution < -0.4 is 10.6 Å². The molecule has 0 radical (unpaired) electrons. The summed E-state index contributed by atoms with van der Waals surface area (Å²) in [6.07, 6.45) is 4.38. The number of aliphatic imine (C=N–C) groups is 1. The van der Waals surface area contributed by atoms with Crippen molar-refractivity contribution in [3.05, 3.63) is 0 Å². The van der Waals surface area contributed by atoms with E-state index in [1.807, 2.05) is 0 Å². The van der Waals surface area contributed by atoms with Gasteiger partial charge in [0, 0.05) is 46.1 Å². The molecule has 0 atom stereocenters. The Labute approximate surface area is 142 Å². The topological polar surface area (TPSA) is 54.9 Å². The van der Waals surface area contributed by atoms with Crippen molar-refractivity contribution in [1.82, 2.24) is 10.6 Å². The van der Waals surface area contributed by atoms with Crippen molar-refractivity contribution in [1.29, 1.82) is 0 Å². The molecule has 0 unspecified atom stereocenters. The smallest absolute Gasteiger partial charge is 0.191 e. The Balaban J connectivity index is 2.10. The fraction of sp³-hybridized carbons (Fsp3) is 0.944. The average molecular weight is 328 g/mol. The third-order valence-electron chi connectivity index (χ3n) is 3.92. The Morgan fingerprint density at radius 2 is 1.96 bits per heavy atom. The summed E-state index contributed by atoms with van der Waals surface area (Å²) in [6.45, 7) is 15.0. The molecule has 1 fully saturated rings. The van der Waals surface area contributed by atoms with Crippen LogP contribution in [0, 0.1) is 11.3 Å². The Morgan fingerprint density at radius 3 is 2.61 bits per heavy atom. The van der Waals surface area contributed by atoms with Gasteiger partial charge in [-0.05, 0) is 43.9 Å². The van der Waals surface area contributed by atoms with E-state index in [1.165, 1.54) is 0 Å². The van der Waals surface area contributed by atoms with Gasteiger partial charge in [-0.2, -0.15) is 0 Å². The monoisotopic (exact) mass is 327 g/mol. The number of rotatable bonds is 9. The van der Waals surface area contributed by atoms with Gasteiger partial charge in [-0.3, -0.25) is 4.99 Å². The lowest BCUT2D eigenvalue weighted by atomic mass is 9.92. The third-order valence-corrected chi connectivity index (χ3v) is 3.92. The van der Waals surface area contributed by atoms with Crippen LogP contribution in [0.4, 0.5) is 0 Å². The summed E-state index contributed by atoms with van der Waals surface area (Å²) in [7, 11) is 0. The van der Waals surface area contributed by atoms with E-state index in [0.29, 0.717) is 11.3 Å². The number of hydrogen-bond acceptors (Lipinski definition) is 3. The maximum absolute atomic E-state index is 5.78. The van der Waals surface area contributed by atoms with Gasteiger partial charge in [-0.1, -0.05) is 20.8 Å². The quantitative estimate of drug-likeness (QED) is 0.388. The van der Waals surface area contributed by atoms with Crippen molar-refractivity contribution in [3.8, 4) is 0 Å². The zero-order chi connectivity index (χ0) is 17.0. The molecule has 136 valence electrons. The molecule has 1 saturated heterocycles. The van der Waals surface area contributed by atoms with Gasteiger partial charge in [0.25, 0.3) is 0 Å². The van der Waals surface area contributed by atoms with Crippen LogP contribution in [0.2, 0.25) is 0 Å². The van der Waals surface area contributed by atoms with E-state index in [4.69, 9.17) is 9.47 Å². The zero-order valence-electron chi connectivity index (χ0n) is 15.6. The highest BCUT2D eigenvalue weighted by atomic mass is 16.5. The molecule has 2 N–H and O–H groups in total. The molecule has 0 spiro atoms. The van der Waals surface area contributed by atoms with Crippen molar-refractivity contribution in [3.63, 3.8) is 0 Å². The normalized spacial score (nSPS) is 17.3. The van der Waals surface area contributed by atoms with Crippen LogP contribution in [0.25, 0.3) is 0 Å². The molecule has 0 aromatic heterocycles. The van der Waals surface area contributed by atoms with Crippen molar-refractivity contribution in [2.24, 2.45) is 16.3 Å². The van der Waals surface area contributed by atoms with E-state index >= 15 is 0 Å². The summed E-state index contributed by atoms with van der Waals surface area (Å²) in [4.78, 5) is 4.61. The van der Waals surface area contributed by atoms with Crippen LogP contribution >= 0.6 is 0 Å². The molecule has 1 aliphatic heterocycles. The first-order valence-corrected chi connectivity index (χ1v) is 9.19. The second kappa shape index (κ2) is 11.7. The van der Waals surface area contributed by atoms with Gasteiger partial charge < -0.3 is 20.1 Å². The van der Waals surface area contributed by atoms with Gasteiger partial charge in [0.2, 0.25) is 0 Å². The first-order valence-electron chi connectivity index (χ1n) is 9.19. The summed E-state index contributed by atoms with van der Waals surface area (Å²) in [6, 6.07) is 0. The van der Waals surface area contributed by atoms with Crippen LogP contribution in [-0.4, -0.2) is 52.0 Å². The van der Waals surface area contributed by atoms with E-state index in [9.17, 15) is 0 Å². The predicted octanol–water partition coefficient (Wildman–Crippen LogP) is 2.81. The largest absolute Gasteiger partial charge is 0.381 e. The first kappa shape index (κ1) is 20.2. The SMILES string of the molecule is CCNC(=NCCCOCC1CCOCC1)NCCC(C)(C)C. The highest BCUT2D eigenvalue weighted by Crippen LogP contribution is 2.17. The third kappa shape index (κ3) is 11.4. The molecule has 1 aliphatic rings. The van der Waals surface area contributed by atoms with Gasteiger partial charge in [-0.25, -0.2) is 0 Å². The Morgan fingerprint density at radius 1 is 1.22 bits per heavy atom. The lowest BCUT2D eigenvalue weighted by Crippen LogP contribution is -2.38. The fourth-order valence-electron chi connectivity index (χ4n) is 2.42. The average Bonchev–Trinajstić information content (AvgIpc) is 2.50. The standard InChI is InChI=1S/C18H37N3O2/c1-5-19-17(21-11-9-18(2,3)4)20-10-6-12-23-15-16-7-13-22-14-8-16/h16H,5-15H2,1-4H3,(H2,19,20,21). The number of nitrogens with one attached hydrogen (secondary N) is 2. The lowest BCUT2D eigenvalue weighted by molar-refractivity contribution is 0.0205. The highest BCUT2D eigenvalue weighted by Gasteiger charge is 2.13. The van der Waals surface area contributed by atoms with Gasteiger partial charge >= 0.3 is 0 Å². The number of ether oxygens (including phenoxy) is 2. The molecule has 1 heterocycles. The minimum atomic E-state index is 0.350. The molecule has 1 rings (SSSR count). The minimum absolute atomic E-state index is 0.350. The molecular weight excluding hydrogens is 290 g/mol. The van der Waals surface area contributed by atoms with Crippen molar-refractivity contribution >= 4 is 5.96 Å². The molecule has 5 heteroatoms. The van der Waals surface area contributed by atoms with E-state index in [1.54, 1.807) is 0 Å². The summed E-state index contributed by atoms with van der Waals surface area (Å²) < 4.78 is 11.1. The fourth-order valence-corrected chi connectivity index (χ4v) is 2.42. The van der Waals surface area contributed by atoms with Crippen LogP contribution in [-0.2, 0) is 9.47 Å². The summed E-state index contributed by atoms with van der Waals surface area (Å²) >= 11 is 0. The molecule has 23 heavy (non-hydrogen) atoms. The van der Waals surface area contributed by atoms with E-state index in [2.05, 4.69) is 43.3 Å². The van der Waals surface area contributed by atoms with Crippen LogP contribution in [0.1, 0.15) is 53.4 Å². The Bertz CT molecular complexity index is 321.